The fourth-order valence-electron chi connectivity index (χ4n) is 2.50. The first-order chi connectivity index (χ1) is 9.49. The number of carbonyl (C=O) groups excluding carboxylic acids is 2. The monoisotopic (exact) mass is 279 g/mol. The molecule has 0 atom stereocenters. The van der Waals surface area contributed by atoms with Crippen LogP contribution in [0.2, 0.25) is 0 Å². The summed E-state index contributed by atoms with van der Waals surface area (Å²) in [5.74, 6) is 0.853. The Balaban J connectivity index is 1.98. The van der Waals surface area contributed by atoms with Crippen LogP contribution in [0.4, 0.5) is 0 Å². The second-order valence-electron chi connectivity index (χ2n) is 5.22. The topological polar surface area (TPSA) is 66.7 Å². The molecule has 0 spiro atoms. The summed E-state index contributed by atoms with van der Waals surface area (Å²) in [7, 11) is 0. The Labute approximate surface area is 118 Å². The van der Waals surface area contributed by atoms with Crippen molar-refractivity contribution >= 4 is 11.8 Å². The maximum Gasteiger partial charge on any atom is 0.227 e. The van der Waals surface area contributed by atoms with Gasteiger partial charge < -0.3 is 14.3 Å². The molecule has 0 aromatic carbocycles. The minimum absolute atomic E-state index is 0.0739. The van der Waals surface area contributed by atoms with Gasteiger partial charge in [-0.2, -0.15) is 0 Å². The zero-order valence-electron chi connectivity index (χ0n) is 12.3. The molecule has 0 unspecified atom stereocenters. The number of hydrogen-bond donors (Lipinski definition) is 0. The van der Waals surface area contributed by atoms with Crippen LogP contribution in [0, 0.1) is 13.8 Å². The summed E-state index contributed by atoms with van der Waals surface area (Å²) < 4.78 is 5.08. The molecule has 2 rings (SSSR count). The Morgan fingerprint density at radius 1 is 1.15 bits per heavy atom. The molecule has 1 aromatic heterocycles. The van der Waals surface area contributed by atoms with Crippen LogP contribution >= 0.6 is 0 Å². The van der Waals surface area contributed by atoms with Crippen LogP contribution in [0.3, 0.4) is 0 Å². The van der Waals surface area contributed by atoms with Crippen LogP contribution in [0.5, 0.6) is 0 Å². The second kappa shape index (κ2) is 6.07. The van der Waals surface area contributed by atoms with Crippen molar-refractivity contribution in [3.63, 3.8) is 0 Å². The van der Waals surface area contributed by atoms with Crippen molar-refractivity contribution in [3.05, 3.63) is 17.0 Å². The Morgan fingerprint density at radius 2 is 1.80 bits per heavy atom. The lowest BCUT2D eigenvalue weighted by molar-refractivity contribution is -0.132. The molecule has 0 aliphatic carbocycles. The molecular weight excluding hydrogens is 258 g/mol. The van der Waals surface area contributed by atoms with Gasteiger partial charge in [-0.15, -0.1) is 0 Å². The molecule has 0 N–H and O–H groups in total. The Morgan fingerprint density at radius 3 is 2.40 bits per heavy atom. The molecular formula is C14H21N3O3. The molecule has 6 heteroatoms. The van der Waals surface area contributed by atoms with Gasteiger partial charge in [0.15, 0.2) is 0 Å². The number of carbonyl (C=O) groups is 2. The van der Waals surface area contributed by atoms with E-state index in [2.05, 4.69) is 5.16 Å². The van der Waals surface area contributed by atoms with Gasteiger partial charge in [0.2, 0.25) is 11.8 Å². The maximum atomic E-state index is 12.4. The van der Waals surface area contributed by atoms with E-state index in [0.29, 0.717) is 31.8 Å². The summed E-state index contributed by atoms with van der Waals surface area (Å²) in [4.78, 5) is 27.4. The number of nitrogens with zero attached hydrogens (tertiary/aromatic N) is 3. The predicted molar refractivity (Wildman–Crippen MR) is 73.1 cm³/mol. The quantitative estimate of drug-likeness (QED) is 0.807. The molecule has 2 heterocycles. The number of rotatable bonds is 2. The molecule has 6 nitrogen and oxygen atoms in total. The van der Waals surface area contributed by atoms with Gasteiger partial charge in [0.1, 0.15) is 5.76 Å². The average molecular weight is 279 g/mol. The molecule has 20 heavy (non-hydrogen) atoms. The maximum absolute atomic E-state index is 12.4. The summed E-state index contributed by atoms with van der Waals surface area (Å²) >= 11 is 0. The van der Waals surface area contributed by atoms with Crippen LogP contribution in [0.15, 0.2) is 4.52 Å². The molecule has 1 fully saturated rings. The summed E-state index contributed by atoms with van der Waals surface area (Å²) in [5, 5.41) is 3.87. The van der Waals surface area contributed by atoms with Gasteiger partial charge in [0, 0.05) is 38.7 Å². The van der Waals surface area contributed by atoms with E-state index in [4.69, 9.17) is 4.52 Å². The minimum atomic E-state index is 0.0739. The SMILES string of the molecule is CC(=O)N1CCCN(C(=O)Cc2c(C)noc2C)CC1. The highest BCUT2D eigenvalue weighted by atomic mass is 16.5. The van der Waals surface area contributed by atoms with E-state index in [1.807, 2.05) is 18.7 Å². The van der Waals surface area contributed by atoms with Gasteiger partial charge >= 0.3 is 0 Å². The van der Waals surface area contributed by atoms with Crippen molar-refractivity contribution in [1.29, 1.82) is 0 Å². The van der Waals surface area contributed by atoms with E-state index >= 15 is 0 Å². The number of amides is 2. The fraction of sp³-hybridized carbons (Fsp3) is 0.643. The lowest BCUT2D eigenvalue weighted by Gasteiger charge is -2.21. The number of aromatic nitrogens is 1. The van der Waals surface area contributed by atoms with E-state index in [1.165, 1.54) is 0 Å². The Kier molecular flexibility index (Phi) is 4.42. The van der Waals surface area contributed by atoms with Crippen molar-refractivity contribution in [2.24, 2.45) is 0 Å². The Hall–Kier alpha value is -1.85. The third-order valence-corrected chi connectivity index (χ3v) is 3.80. The summed E-state index contributed by atoms with van der Waals surface area (Å²) in [6, 6.07) is 0. The molecule has 0 radical (unpaired) electrons. The van der Waals surface area contributed by atoms with E-state index in [1.54, 1.807) is 11.8 Å². The van der Waals surface area contributed by atoms with E-state index < -0.39 is 0 Å². The molecule has 1 aliphatic rings. The molecule has 1 aromatic rings. The molecule has 0 saturated carbocycles. The summed E-state index contributed by atoms with van der Waals surface area (Å²) in [5.41, 5.74) is 1.65. The van der Waals surface area contributed by atoms with Gasteiger partial charge in [-0.25, -0.2) is 0 Å². The highest BCUT2D eigenvalue weighted by molar-refractivity contribution is 5.79. The lowest BCUT2D eigenvalue weighted by Crippen LogP contribution is -2.37. The van der Waals surface area contributed by atoms with E-state index in [9.17, 15) is 9.59 Å². The van der Waals surface area contributed by atoms with Crippen LogP contribution in [0.1, 0.15) is 30.4 Å². The largest absolute Gasteiger partial charge is 0.361 e. The number of hydrogen-bond acceptors (Lipinski definition) is 4. The minimum Gasteiger partial charge on any atom is -0.361 e. The zero-order chi connectivity index (χ0) is 14.7. The molecule has 110 valence electrons. The molecule has 2 amide bonds. The van der Waals surface area contributed by atoms with Crippen molar-refractivity contribution < 1.29 is 14.1 Å². The standard InChI is InChI=1S/C14H21N3O3/c1-10-13(11(2)20-15-10)9-14(19)17-6-4-5-16(7-8-17)12(3)18/h4-9H2,1-3H3. The van der Waals surface area contributed by atoms with Gasteiger partial charge in [0.25, 0.3) is 0 Å². The predicted octanol–water partition coefficient (Wildman–Crippen LogP) is 0.915. The smallest absolute Gasteiger partial charge is 0.227 e. The van der Waals surface area contributed by atoms with Crippen molar-refractivity contribution in [3.8, 4) is 0 Å². The van der Waals surface area contributed by atoms with Crippen LogP contribution in [-0.2, 0) is 16.0 Å². The van der Waals surface area contributed by atoms with E-state index in [0.717, 1.165) is 24.2 Å². The molecule has 1 aliphatic heterocycles. The van der Waals surface area contributed by atoms with Crippen LogP contribution in [0.25, 0.3) is 0 Å². The van der Waals surface area contributed by atoms with Crippen molar-refractivity contribution in [1.82, 2.24) is 15.0 Å². The first-order valence-electron chi connectivity index (χ1n) is 6.94. The highest BCUT2D eigenvalue weighted by Crippen LogP contribution is 2.15. The average Bonchev–Trinajstić information content (AvgIpc) is 2.64. The molecule has 1 saturated heterocycles. The van der Waals surface area contributed by atoms with Gasteiger partial charge in [0.05, 0.1) is 12.1 Å². The van der Waals surface area contributed by atoms with Gasteiger partial charge in [-0.1, -0.05) is 5.16 Å². The molecule has 0 bridgehead atoms. The van der Waals surface area contributed by atoms with Crippen LogP contribution in [-0.4, -0.2) is 52.9 Å². The first-order valence-corrected chi connectivity index (χ1v) is 6.94. The summed E-state index contributed by atoms with van der Waals surface area (Å²) in [6.07, 6.45) is 1.15. The van der Waals surface area contributed by atoms with Crippen molar-refractivity contribution in [2.45, 2.75) is 33.6 Å². The third-order valence-electron chi connectivity index (χ3n) is 3.80. The number of aryl methyl sites for hydroxylation is 2. The summed E-state index contributed by atoms with van der Waals surface area (Å²) in [6.45, 7) is 7.88. The normalized spacial score (nSPS) is 16.1. The zero-order valence-corrected chi connectivity index (χ0v) is 12.3. The van der Waals surface area contributed by atoms with Gasteiger partial charge in [-0.3, -0.25) is 9.59 Å². The first kappa shape index (κ1) is 14.6. The third kappa shape index (κ3) is 3.18. The lowest BCUT2D eigenvalue weighted by atomic mass is 10.1. The van der Waals surface area contributed by atoms with Crippen molar-refractivity contribution in [2.75, 3.05) is 26.2 Å². The second-order valence-corrected chi connectivity index (χ2v) is 5.22. The fourth-order valence-corrected chi connectivity index (χ4v) is 2.50. The Bertz CT molecular complexity index is 490. The van der Waals surface area contributed by atoms with E-state index in [-0.39, 0.29) is 11.8 Å². The highest BCUT2D eigenvalue weighted by Gasteiger charge is 2.22. The van der Waals surface area contributed by atoms with Crippen LogP contribution < -0.4 is 0 Å². The van der Waals surface area contributed by atoms with Gasteiger partial charge in [-0.05, 0) is 20.3 Å².